The van der Waals surface area contributed by atoms with Crippen LogP contribution >= 0.6 is 0 Å². The third-order valence-corrected chi connectivity index (χ3v) is 2.39. The van der Waals surface area contributed by atoms with Gasteiger partial charge in [-0.25, -0.2) is 13.8 Å². The van der Waals surface area contributed by atoms with Crippen LogP contribution in [0.2, 0.25) is 0 Å². The van der Waals surface area contributed by atoms with E-state index in [1.165, 1.54) is 6.07 Å². The average Bonchev–Trinajstić information content (AvgIpc) is 2.25. The first-order chi connectivity index (χ1) is 7.91. The zero-order valence-electron chi connectivity index (χ0n) is 8.32. The molecule has 1 aromatic carbocycles. The normalized spacial score (nSPS) is 11.8. The van der Waals surface area contributed by atoms with E-state index < -0.39 is 29.6 Å². The predicted molar refractivity (Wildman–Crippen MR) is 55.6 cm³/mol. The van der Waals surface area contributed by atoms with E-state index in [1.807, 2.05) is 0 Å². The first-order valence-electron chi connectivity index (χ1n) is 4.24. The van der Waals surface area contributed by atoms with Gasteiger partial charge in [0.15, 0.2) is 17.7 Å². The third-order valence-electron chi connectivity index (χ3n) is 1.73. The topological polar surface area (TPSA) is 121 Å². The predicted octanol–water partition coefficient (Wildman–Crippen LogP) is 0.429. The van der Waals surface area contributed by atoms with Crippen molar-refractivity contribution in [3.05, 3.63) is 23.8 Å². The van der Waals surface area contributed by atoms with Gasteiger partial charge in [-0.1, -0.05) is 0 Å². The van der Waals surface area contributed by atoms with Gasteiger partial charge >= 0.3 is 11.9 Å². The van der Waals surface area contributed by atoms with Crippen LogP contribution in [0.1, 0.15) is 10.4 Å². The number of carboxylic acids is 2. The molecule has 3 N–H and O–H groups in total. The van der Waals surface area contributed by atoms with Crippen LogP contribution in [-0.4, -0.2) is 37.5 Å². The van der Waals surface area contributed by atoms with Crippen LogP contribution in [-0.2, 0) is 15.9 Å². The first-order valence-corrected chi connectivity index (χ1v) is 5.35. The second-order valence-corrected chi connectivity index (χ2v) is 3.86. The van der Waals surface area contributed by atoms with Gasteiger partial charge in [-0.05, 0) is 18.2 Å². The molecule has 0 fully saturated rings. The minimum Gasteiger partial charge on any atom is -0.481 e. The molecule has 0 heterocycles. The molecule has 1 rings (SSSR count). The van der Waals surface area contributed by atoms with Crippen LogP contribution in [0.5, 0.6) is 5.75 Å². The van der Waals surface area contributed by atoms with Gasteiger partial charge in [0.25, 0.3) is 0 Å². The number of carboxylic acid groups (broad SMARTS) is 2. The summed E-state index contributed by atoms with van der Waals surface area (Å²) in [5.41, 5.74) is -0.369. The molecule has 17 heavy (non-hydrogen) atoms. The molecule has 0 bridgehead atoms. The van der Waals surface area contributed by atoms with E-state index in [2.05, 4.69) is 0 Å². The highest BCUT2D eigenvalue weighted by molar-refractivity contribution is 7.79. The SMILES string of the molecule is O=C(O)COc1ccc(S(=O)O)cc1C(=O)O. The molecule has 0 spiro atoms. The molecular weight excluding hydrogens is 252 g/mol. The van der Waals surface area contributed by atoms with E-state index in [0.29, 0.717) is 0 Å². The fraction of sp³-hybridized carbons (Fsp3) is 0.111. The Bertz CT molecular complexity index is 482. The summed E-state index contributed by atoms with van der Waals surface area (Å²) in [6.45, 7) is -0.693. The molecule has 92 valence electrons. The largest absolute Gasteiger partial charge is 0.481 e. The van der Waals surface area contributed by atoms with Gasteiger partial charge in [-0.2, -0.15) is 0 Å². The van der Waals surface area contributed by atoms with E-state index >= 15 is 0 Å². The Morgan fingerprint density at radius 3 is 2.41 bits per heavy atom. The number of ether oxygens (including phenoxy) is 1. The van der Waals surface area contributed by atoms with Crippen molar-refractivity contribution < 1.29 is 33.3 Å². The fourth-order valence-corrected chi connectivity index (χ4v) is 1.45. The molecule has 0 amide bonds. The summed E-state index contributed by atoms with van der Waals surface area (Å²) in [4.78, 5) is 21.0. The summed E-state index contributed by atoms with van der Waals surface area (Å²) in [7, 11) is 0. The molecule has 7 nitrogen and oxygen atoms in total. The van der Waals surface area contributed by atoms with E-state index in [0.717, 1.165) is 12.1 Å². The minimum absolute atomic E-state index is 0.106. The Hall–Kier alpha value is -1.93. The zero-order chi connectivity index (χ0) is 13.0. The summed E-state index contributed by atoms with van der Waals surface area (Å²) < 4.78 is 24.3. The maximum Gasteiger partial charge on any atom is 0.341 e. The Morgan fingerprint density at radius 1 is 1.29 bits per heavy atom. The molecule has 0 aliphatic heterocycles. The molecule has 0 aliphatic carbocycles. The van der Waals surface area contributed by atoms with E-state index in [-0.39, 0.29) is 16.2 Å². The number of carbonyl (C=O) groups is 2. The molecule has 1 atom stereocenters. The van der Waals surface area contributed by atoms with Gasteiger partial charge in [-0.15, -0.1) is 0 Å². The standard InChI is InChI=1S/C9H8O7S/c10-8(11)4-16-7-2-1-5(17(14)15)3-6(7)9(12)13/h1-3H,4H2,(H,10,11)(H,12,13)(H,14,15). The van der Waals surface area contributed by atoms with Crippen molar-refractivity contribution in [2.45, 2.75) is 4.90 Å². The Morgan fingerprint density at radius 2 is 1.94 bits per heavy atom. The van der Waals surface area contributed by atoms with Crippen LogP contribution in [0.25, 0.3) is 0 Å². The first kappa shape index (κ1) is 13.1. The smallest absolute Gasteiger partial charge is 0.341 e. The lowest BCUT2D eigenvalue weighted by Gasteiger charge is -2.07. The molecular formula is C9H8O7S. The lowest BCUT2D eigenvalue weighted by Crippen LogP contribution is -2.12. The van der Waals surface area contributed by atoms with E-state index in [1.54, 1.807) is 0 Å². The number of aromatic carboxylic acids is 1. The number of benzene rings is 1. The van der Waals surface area contributed by atoms with Crippen LogP contribution in [0.15, 0.2) is 23.1 Å². The monoisotopic (exact) mass is 260 g/mol. The summed E-state index contributed by atoms with van der Waals surface area (Å²) in [6.07, 6.45) is 0. The van der Waals surface area contributed by atoms with Crippen LogP contribution in [0.3, 0.4) is 0 Å². The summed E-state index contributed by atoms with van der Waals surface area (Å²) in [5.74, 6) is -2.80. The highest BCUT2D eigenvalue weighted by Gasteiger charge is 2.15. The van der Waals surface area contributed by atoms with E-state index in [4.69, 9.17) is 19.5 Å². The van der Waals surface area contributed by atoms with E-state index in [9.17, 15) is 13.8 Å². The van der Waals surface area contributed by atoms with Crippen molar-refractivity contribution in [2.24, 2.45) is 0 Å². The van der Waals surface area contributed by atoms with Crippen molar-refractivity contribution in [2.75, 3.05) is 6.61 Å². The van der Waals surface area contributed by atoms with Gasteiger partial charge in [0, 0.05) is 0 Å². The average molecular weight is 260 g/mol. The molecule has 0 radical (unpaired) electrons. The highest BCUT2D eigenvalue weighted by atomic mass is 32.2. The lowest BCUT2D eigenvalue weighted by atomic mass is 10.2. The van der Waals surface area contributed by atoms with Crippen molar-refractivity contribution in [1.82, 2.24) is 0 Å². The number of rotatable bonds is 5. The second kappa shape index (κ2) is 5.41. The second-order valence-electron chi connectivity index (χ2n) is 2.89. The van der Waals surface area contributed by atoms with Gasteiger partial charge in [0.05, 0.1) is 4.90 Å². The molecule has 8 heteroatoms. The van der Waals surface area contributed by atoms with Gasteiger partial charge < -0.3 is 19.5 Å². The third kappa shape index (κ3) is 3.54. The minimum atomic E-state index is -2.31. The fourth-order valence-electron chi connectivity index (χ4n) is 1.05. The van der Waals surface area contributed by atoms with Crippen molar-refractivity contribution in [3.63, 3.8) is 0 Å². The molecule has 0 saturated carbocycles. The number of hydrogen-bond donors (Lipinski definition) is 3. The van der Waals surface area contributed by atoms with Gasteiger partial charge in [0.2, 0.25) is 0 Å². The van der Waals surface area contributed by atoms with Crippen molar-refractivity contribution in [1.29, 1.82) is 0 Å². The summed E-state index contributed by atoms with van der Waals surface area (Å²) in [5, 5.41) is 17.2. The van der Waals surface area contributed by atoms with Crippen LogP contribution < -0.4 is 4.74 Å². The van der Waals surface area contributed by atoms with Gasteiger partial charge in [-0.3, -0.25) is 0 Å². The lowest BCUT2D eigenvalue weighted by molar-refractivity contribution is -0.139. The number of aliphatic carboxylic acids is 1. The van der Waals surface area contributed by atoms with Crippen molar-refractivity contribution >= 4 is 23.0 Å². The Balaban J connectivity index is 3.08. The Kier molecular flexibility index (Phi) is 4.18. The van der Waals surface area contributed by atoms with Crippen LogP contribution in [0, 0.1) is 0 Å². The zero-order valence-corrected chi connectivity index (χ0v) is 9.14. The maximum atomic E-state index is 10.8. The molecule has 1 unspecified atom stereocenters. The van der Waals surface area contributed by atoms with Gasteiger partial charge in [0.1, 0.15) is 11.3 Å². The highest BCUT2D eigenvalue weighted by Crippen LogP contribution is 2.21. The molecule has 0 saturated heterocycles. The number of hydrogen-bond acceptors (Lipinski definition) is 4. The quantitative estimate of drug-likeness (QED) is 0.656. The maximum absolute atomic E-state index is 10.8. The Labute approximate surface area is 97.9 Å². The van der Waals surface area contributed by atoms with Crippen molar-refractivity contribution in [3.8, 4) is 5.75 Å². The van der Waals surface area contributed by atoms with Crippen LogP contribution in [0.4, 0.5) is 0 Å². The molecule has 0 aromatic heterocycles. The molecule has 1 aromatic rings. The molecule has 0 aliphatic rings. The summed E-state index contributed by atoms with van der Waals surface area (Å²) >= 11 is -2.31. The summed E-state index contributed by atoms with van der Waals surface area (Å²) in [6, 6.07) is 3.27.